The molecule has 0 fully saturated rings. The summed E-state index contributed by atoms with van der Waals surface area (Å²) in [5, 5.41) is 0. The number of pyridine rings is 1. The molecule has 1 aliphatic rings. The van der Waals surface area contributed by atoms with E-state index in [1.165, 1.54) is 30.5 Å². The molecule has 1 aliphatic carbocycles. The van der Waals surface area contributed by atoms with E-state index in [9.17, 15) is 0 Å². The van der Waals surface area contributed by atoms with Crippen LogP contribution in [0.1, 0.15) is 30.5 Å². The van der Waals surface area contributed by atoms with Crippen molar-refractivity contribution in [1.82, 2.24) is 4.98 Å². The van der Waals surface area contributed by atoms with Gasteiger partial charge in [0.1, 0.15) is 0 Å². The topological polar surface area (TPSA) is 12.9 Å². The third-order valence-electron chi connectivity index (χ3n) is 2.26. The monoisotopic (exact) mass is 159 g/mol. The molecule has 0 saturated carbocycles. The fraction of sp³-hybridized carbons (Fsp3) is 0.364. The number of fused-ring (bicyclic) bond motifs is 1. The van der Waals surface area contributed by atoms with Crippen LogP contribution in [0.5, 0.6) is 0 Å². The molecule has 0 radical (unpaired) electrons. The van der Waals surface area contributed by atoms with Crippen LogP contribution in [0.25, 0.3) is 6.08 Å². The van der Waals surface area contributed by atoms with Gasteiger partial charge in [-0.25, -0.2) is 0 Å². The van der Waals surface area contributed by atoms with Crippen LogP contribution in [0.3, 0.4) is 0 Å². The highest BCUT2D eigenvalue weighted by Gasteiger charge is 2.01. The number of aryl methyl sites for hydroxylation is 1. The smallest absolute Gasteiger partial charge is 0.0475 e. The van der Waals surface area contributed by atoms with Crippen molar-refractivity contribution in [1.29, 1.82) is 0 Å². The van der Waals surface area contributed by atoms with Gasteiger partial charge >= 0.3 is 0 Å². The molecular formula is C11H13N. The van der Waals surface area contributed by atoms with E-state index in [1.807, 2.05) is 12.3 Å². The predicted molar refractivity (Wildman–Crippen MR) is 50.8 cm³/mol. The Bertz CT molecular complexity index is 289. The first kappa shape index (κ1) is 7.53. The molecular weight excluding hydrogens is 146 g/mol. The maximum atomic E-state index is 4.37. The predicted octanol–water partition coefficient (Wildman–Crippen LogP) is 2.82. The summed E-state index contributed by atoms with van der Waals surface area (Å²) in [5.41, 5.74) is 2.56. The molecule has 0 unspecified atom stereocenters. The maximum absolute atomic E-state index is 4.37. The van der Waals surface area contributed by atoms with E-state index in [0.29, 0.717) is 0 Å². The molecule has 0 amide bonds. The third kappa shape index (κ3) is 1.55. The van der Waals surface area contributed by atoms with Gasteiger partial charge in [0, 0.05) is 11.9 Å². The van der Waals surface area contributed by atoms with Crippen molar-refractivity contribution in [3.63, 3.8) is 0 Å². The molecule has 1 aromatic heterocycles. The van der Waals surface area contributed by atoms with E-state index in [-0.39, 0.29) is 0 Å². The maximum Gasteiger partial charge on any atom is 0.0475 e. The van der Waals surface area contributed by atoms with Gasteiger partial charge < -0.3 is 0 Å². The summed E-state index contributed by atoms with van der Waals surface area (Å²) in [7, 11) is 0. The zero-order chi connectivity index (χ0) is 8.23. The van der Waals surface area contributed by atoms with Crippen molar-refractivity contribution < 1.29 is 0 Å². The Hall–Kier alpha value is -1.11. The van der Waals surface area contributed by atoms with E-state index in [4.69, 9.17) is 0 Å². The first-order chi connectivity index (χ1) is 5.97. The molecule has 1 heterocycles. The Morgan fingerprint density at radius 2 is 2.25 bits per heavy atom. The molecule has 0 aliphatic heterocycles. The lowest BCUT2D eigenvalue weighted by atomic mass is 10.0. The Balaban J connectivity index is 2.36. The van der Waals surface area contributed by atoms with Gasteiger partial charge in [-0.05, 0) is 37.3 Å². The Morgan fingerprint density at radius 3 is 3.25 bits per heavy atom. The fourth-order valence-electron chi connectivity index (χ4n) is 1.58. The van der Waals surface area contributed by atoms with Gasteiger partial charge in [0.25, 0.3) is 0 Å². The zero-order valence-corrected chi connectivity index (χ0v) is 7.16. The molecule has 0 N–H and O–H groups in total. The van der Waals surface area contributed by atoms with E-state index < -0.39 is 0 Å². The molecule has 0 saturated heterocycles. The minimum Gasteiger partial charge on any atom is -0.261 e. The number of nitrogens with zero attached hydrogens (tertiary/aromatic N) is 1. The summed E-state index contributed by atoms with van der Waals surface area (Å²) in [4.78, 5) is 4.37. The quantitative estimate of drug-likeness (QED) is 0.567. The van der Waals surface area contributed by atoms with Crippen LogP contribution < -0.4 is 0 Å². The Kier molecular flexibility index (Phi) is 2.21. The van der Waals surface area contributed by atoms with Gasteiger partial charge in [0.2, 0.25) is 0 Å². The summed E-state index contributed by atoms with van der Waals surface area (Å²) in [6, 6.07) is 4.15. The lowest BCUT2D eigenvalue weighted by Crippen LogP contribution is -1.95. The van der Waals surface area contributed by atoms with Crippen LogP contribution in [0.2, 0.25) is 0 Å². The van der Waals surface area contributed by atoms with Crippen molar-refractivity contribution in [3.05, 3.63) is 35.7 Å². The summed E-state index contributed by atoms with van der Waals surface area (Å²) in [6.45, 7) is 0. The van der Waals surface area contributed by atoms with Crippen molar-refractivity contribution in [2.24, 2.45) is 0 Å². The molecule has 0 bridgehead atoms. The van der Waals surface area contributed by atoms with Gasteiger partial charge in [0.05, 0.1) is 0 Å². The van der Waals surface area contributed by atoms with Crippen molar-refractivity contribution in [2.45, 2.75) is 25.7 Å². The largest absolute Gasteiger partial charge is 0.261 e. The van der Waals surface area contributed by atoms with E-state index in [2.05, 4.69) is 23.2 Å². The van der Waals surface area contributed by atoms with Crippen LogP contribution in [0.4, 0.5) is 0 Å². The summed E-state index contributed by atoms with van der Waals surface area (Å²) in [6.07, 6.45) is 11.3. The van der Waals surface area contributed by atoms with Crippen molar-refractivity contribution >= 4 is 6.08 Å². The molecule has 0 atom stereocenters. The third-order valence-corrected chi connectivity index (χ3v) is 2.26. The molecule has 1 aromatic rings. The van der Waals surface area contributed by atoms with Crippen LogP contribution in [-0.2, 0) is 6.42 Å². The first-order valence-electron chi connectivity index (χ1n) is 4.57. The first-order valence-corrected chi connectivity index (χ1v) is 4.57. The standard InChI is InChI=1S/C11H13N/c1-2-4-8-11-10(6-3-1)7-5-9-12-11/h3,5-7,9H,1-2,4,8H2/b6-3-. The highest BCUT2D eigenvalue weighted by atomic mass is 14.7. The van der Waals surface area contributed by atoms with Gasteiger partial charge in [-0.3, -0.25) is 4.98 Å². The number of hydrogen-bond donors (Lipinski definition) is 0. The molecule has 12 heavy (non-hydrogen) atoms. The number of aromatic nitrogens is 1. The molecule has 62 valence electrons. The van der Waals surface area contributed by atoms with Crippen LogP contribution >= 0.6 is 0 Å². The van der Waals surface area contributed by atoms with Crippen LogP contribution in [0.15, 0.2) is 24.4 Å². The molecule has 0 aromatic carbocycles. The zero-order valence-electron chi connectivity index (χ0n) is 7.16. The van der Waals surface area contributed by atoms with Crippen LogP contribution in [0, 0.1) is 0 Å². The van der Waals surface area contributed by atoms with Gasteiger partial charge in [-0.2, -0.15) is 0 Å². The lowest BCUT2D eigenvalue weighted by Gasteiger charge is -2.06. The number of rotatable bonds is 0. The second-order valence-electron chi connectivity index (χ2n) is 3.19. The van der Waals surface area contributed by atoms with Gasteiger partial charge in [-0.15, -0.1) is 0 Å². The van der Waals surface area contributed by atoms with Gasteiger partial charge in [0.15, 0.2) is 0 Å². The van der Waals surface area contributed by atoms with E-state index in [1.54, 1.807) is 0 Å². The average molecular weight is 159 g/mol. The minimum atomic E-state index is 1.14. The number of allylic oxidation sites excluding steroid dienone is 1. The summed E-state index contributed by atoms with van der Waals surface area (Å²) in [5.74, 6) is 0. The average Bonchev–Trinajstić information content (AvgIpc) is 2.06. The second kappa shape index (κ2) is 3.53. The minimum absolute atomic E-state index is 1.14. The highest BCUT2D eigenvalue weighted by molar-refractivity contribution is 5.51. The number of hydrogen-bond acceptors (Lipinski definition) is 1. The lowest BCUT2D eigenvalue weighted by molar-refractivity contribution is 0.730. The Morgan fingerprint density at radius 1 is 1.25 bits per heavy atom. The van der Waals surface area contributed by atoms with Crippen molar-refractivity contribution in [2.75, 3.05) is 0 Å². The summed E-state index contributed by atoms with van der Waals surface area (Å²) < 4.78 is 0. The normalized spacial score (nSPS) is 19.0. The van der Waals surface area contributed by atoms with Crippen LogP contribution in [-0.4, -0.2) is 4.98 Å². The van der Waals surface area contributed by atoms with E-state index in [0.717, 1.165) is 6.42 Å². The Labute approximate surface area is 73.1 Å². The molecule has 0 spiro atoms. The molecule has 1 nitrogen and oxygen atoms in total. The van der Waals surface area contributed by atoms with E-state index >= 15 is 0 Å². The molecule has 1 heteroatoms. The summed E-state index contributed by atoms with van der Waals surface area (Å²) >= 11 is 0. The fourth-order valence-corrected chi connectivity index (χ4v) is 1.58. The highest BCUT2D eigenvalue weighted by Crippen LogP contribution is 2.15. The second-order valence-corrected chi connectivity index (χ2v) is 3.19. The molecule has 2 rings (SSSR count). The van der Waals surface area contributed by atoms with Gasteiger partial charge in [-0.1, -0.05) is 18.2 Å². The SMILES string of the molecule is C1=C\c2cccnc2CCCC/1. The van der Waals surface area contributed by atoms with Crippen molar-refractivity contribution in [3.8, 4) is 0 Å².